The van der Waals surface area contributed by atoms with Crippen LogP contribution in [0.3, 0.4) is 0 Å². The number of carbonyl (C=O) groups excluding carboxylic acids is 2. The number of carbonyl (C=O) groups is 2. The Hall–Kier alpha value is -2.33. The minimum absolute atomic E-state index is 0.0289. The molecule has 1 amide bonds. The van der Waals surface area contributed by atoms with Gasteiger partial charge in [0.1, 0.15) is 0 Å². The number of benzene rings is 2. The van der Waals surface area contributed by atoms with Crippen molar-refractivity contribution in [1.29, 1.82) is 0 Å². The zero-order valence-electron chi connectivity index (χ0n) is 13.6. The molecule has 0 aliphatic heterocycles. The van der Waals surface area contributed by atoms with Crippen molar-refractivity contribution in [3.63, 3.8) is 0 Å². The number of hydrogen-bond acceptors (Lipinski definition) is 3. The van der Waals surface area contributed by atoms with Crippen molar-refractivity contribution in [2.75, 3.05) is 12.4 Å². The Kier molecular flexibility index (Phi) is 4.33. The summed E-state index contributed by atoms with van der Waals surface area (Å²) in [5.41, 5.74) is 2.49. The first-order valence-electron chi connectivity index (χ1n) is 7.73. The van der Waals surface area contributed by atoms with Crippen molar-refractivity contribution in [3.05, 3.63) is 64.2 Å². The SMILES string of the molecule is COC(=O)c1ccc(NC(=O)C2(c3ccc(Cl)cc3)CC2)c(C)c1. The Bertz CT molecular complexity index is 795. The molecule has 2 aromatic rings. The fourth-order valence-electron chi connectivity index (χ4n) is 2.83. The molecular weight excluding hydrogens is 326 g/mol. The molecule has 1 N–H and O–H groups in total. The average molecular weight is 344 g/mol. The van der Waals surface area contributed by atoms with Crippen molar-refractivity contribution < 1.29 is 14.3 Å². The molecular formula is C19H18ClNO3. The van der Waals surface area contributed by atoms with Gasteiger partial charge in [0.2, 0.25) is 5.91 Å². The minimum atomic E-state index is -0.474. The van der Waals surface area contributed by atoms with E-state index in [1.54, 1.807) is 30.3 Å². The smallest absolute Gasteiger partial charge is 0.337 e. The molecule has 1 aliphatic rings. The zero-order valence-corrected chi connectivity index (χ0v) is 14.3. The van der Waals surface area contributed by atoms with Crippen LogP contribution in [0.4, 0.5) is 5.69 Å². The monoisotopic (exact) mass is 343 g/mol. The van der Waals surface area contributed by atoms with E-state index < -0.39 is 11.4 Å². The molecule has 0 atom stereocenters. The number of methoxy groups -OCH3 is 1. The summed E-state index contributed by atoms with van der Waals surface area (Å²) in [6.45, 7) is 1.85. The van der Waals surface area contributed by atoms with Gasteiger partial charge in [0.05, 0.1) is 18.1 Å². The largest absolute Gasteiger partial charge is 0.465 e. The maximum atomic E-state index is 12.8. The molecule has 124 valence electrons. The maximum Gasteiger partial charge on any atom is 0.337 e. The molecule has 0 heterocycles. The van der Waals surface area contributed by atoms with Crippen LogP contribution >= 0.6 is 11.6 Å². The first-order valence-corrected chi connectivity index (χ1v) is 8.10. The van der Waals surface area contributed by atoms with Crippen LogP contribution in [0.1, 0.15) is 34.3 Å². The predicted molar refractivity (Wildman–Crippen MR) is 93.5 cm³/mol. The quantitative estimate of drug-likeness (QED) is 0.850. The Balaban J connectivity index is 1.80. The molecule has 4 nitrogen and oxygen atoms in total. The fraction of sp³-hybridized carbons (Fsp3) is 0.263. The van der Waals surface area contributed by atoms with Crippen LogP contribution in [-0.2, 0) is 14.9 Å². The zero-order chi connectivity index (χ0) is 17.3. The van der Waals surface area contributed by atoms with E-state index in [1.807, 2.05) is 19.1 Å². The highest BCUT2D eigenvalue weighted by Gasteiger charge is 2.51. The molecule has 3 rings (SSSR count). The third-order valence-corrected chi connectivity index (χ3v) is 4.73. The highest BCUT2D eigenvalue weighted by atomic mass is 35.5. The molecule has 0 aromatic heterocycles. The lowest BCUT2D eigenvalue weighted by molar-refractivity contribution is -0.118. The predicted octanol–water partition coefficient (Wildman–Crippen LogP) is 4.11. The van der Waals surface area contributed by atoms with Gasteiger partial charge < -0.3 is 10.1 Å². The summed E-state index contributed by atoms with van der Waals surface area (Å²) in [4.78, 5) is 24.3. The topological polar surface area (TPSA) is 55.4 Å². The first-order chi connectivity index (χ1) is 11.5. The second-order valence-corrected chi connectivity index (χ2v) is 6.50. The van der Waals surface area contributed by atoms with Gasteiger partial charge in [-0.2, -0.15) is 0 Å². The van der Waals surface area contributed by atoms with Crippen LogP contribution in [0, 0.1) is 6.92 Å². The third kappa shape index (κ3) is 3.02. The van der Waals surface area contributed by atoms with Gasteiger partial charge in [0.15, 0.2) is 0 Å². The van der Waals surface area contributed by atoms with Gasteiger partial charge in [-0.25, -0.2) is 4.79 Å². The van der Waals surface area contributed by atoms with Crippen molar-refractivity contribution >= 4 is 29.2 Å². The molecule has 0 bridgehead atoms. The molecule has 0 spiro atoms. The van der Waals surface area contributed by atoms with E-state index in [0.29, 0.717) is 16.3 Å². The molecule has 24 heavy (non-hydrogen) atoms. The van der Waals surface area contributed by atoms with Crippen LogP contribution in [0.15, 0.2) is 42.5 Å². The van der Waals surface area contributed by atoms with Crippen molar-refractivity contribution in [1.82, 2.24) is 0 Å². The lowest BCUT2D eigenvalue weighted by Crippen LogP contribution is -2.28. The van der Waals surface area contributed by atoms with Gasteiger partial charge >= 0.3 is 5.97 Å². The van der Waals surface area contributed by atoms with Crippen molar-refractivity contribution in [2.45, 2.75) is 25.2 Å². The van der Waals surface area contributed by atoms with E-state index >= 15 is 0 Å². The Morgan fingerprint density at radius 1 is 1.12 bits per heavy atom. The Morgan fingerprint density at radius 2 is 1.79 bits per heavy atom. The summed E-state index contributed by atoms with van der Waals surface area (Å²) < 4.78 is 4.71. The molecule has 1 saturated carbocycles. The number of rotatable bonds is 4. The maximum absolute atomic E-state index is 12.8. The molecule has 1 aliphatic carbocycles. The molecule has 2 aromatic carbocycles. The summed E-state index contributed by atoms with van der Waals surface area (Å²) in [6, 6.07) is 12.5. The number of halogens is 1. The summed E-state index contributed by atoms with van der Waals surface area (Å²) in [6.07, 6.45) is 1.64. The highest BCUT2D eigenvalue weighted by molar-refractivity contribution is 6.30. The highest BCUT2D eigenvalue weighted by Crippen LogP contribution is 2.49. The van der Waals surface area contributed by atoms with Crippen LogP contribution in [0.25, 0.3) is 0 Å². The van der Waals surface area contributed by atoms with Crippen molar-refractivity contribution in [3.8, 4) is 0 Å². The van der Waals surface area contributed by atoms with Gasteiger partial charge in [0, 0.05) is 10.7 Å². The van der Waals surface area contributed by atoms with Crippen LogP contribution in [0.5, 0.6) is 0 Å². The number of ether oxygens (including phenoxy) is 1. The number of aryl methyl sites for hydroxylation is 1. The lowest BCUT2D eigenvalue weighted by atomic mass is 9.94. The summed E-state index contributed by atoms with van der Waals surface area (Å²) >= 11 is 5.93. The number of amides is 1. The van der Waals surface area contributed by atoms with E-state index in [0.717, 1.165) is 24.0 Å². The number of esters is 1. The Labute approximate surface area is 145 Å². The summed E-state index contributed by atoms with van der Waals surface area (Å²) in [5.74, 6) is -0.422. The van der Waals surface area contributed by atoms with Gasteiger partial charge in [-0.1, -0.05) is 23.7 Å². The second kappa shape index (κ2) is 6.29. The summed E-state index contributed by atoms with van der Waals surface area (Å²) in [7, 11) is 1.34. The fourth-order valence-corrected chi connectivity index (χ4v) is 2.96. The van der Waals surface area contributed by atoms with Gasteiger partial charge in [0.25, 0.3) is 0 Å². The van der Waals surface area contributed by atoms with E-state index in [2.05, 4.69) is 5.32 Å². The average Bonchev–Trinajstić information content (AvgIpc) is 3.38. The third-order valence-electron chi connectivity index (χ3n) is 4.48. The van der Waals surface area contributed by atoms with E-state index in [1.165, 1.54) is 7.11 Å². The minimum Gasteiger partial charge on any atom is -0.465 e. The number of anilines is 1. The van der Waals surface area contributed by atoms with Crippen LogP contribution in [0.2, 0.25) is 5.02 Å². The Morgan fingerprint density at radius 3 is 2.33 bits per heavy atom. The molecule has 0 unspecified atom stereocenters. The van der Waals surface area contributed by atoms with E-state index in [4.69, 9.17) is 16.3 Å². The van der Waals surface area contributed by atoms with Gasteiger partial charge in [-0.05, 0) is 61.2 Å². The van der Waals surface area contributed by atoms with Crippen molar-refractivity contribution in [2.24, 2.45) is 0 Å². The van der Waals surface area contributed by atoms with E-state index in [-0.39, 0.29) is 5.91 Å². The standard InChI is InChI=1S/C19H18ClNO3/c1-12-11-13(17(22)24-2)3-8-16(12)21-18(23)19(9-10-19)14-4-6-15(20)7-5-14/h3-8,11H,9-10H2,1-2H3,(H,21,23). The van der Waals surface area contributed by atoms with Gasteiger partial charge in [-0.15, -0.1) is 0 Å². The van der Waals surface area contributed by atoms with Crippen LogP contribution in [-0.4, -0.2) is 19.0 Å². The first kappa shape index (κ1) is 16.5. The lowest BCUT2D eigenvalue weighted by Gasteiger charge is -2.17. The normalized spacial score (nSPS) is 14.8. The van der Waals surface area contributed by atoms with Gasteiger partial charge in [-0.3, -0.25) is 4.79 Å². The molecule has 5 heteroatoms. The second-order valence-electron chi connectivity index (χ2n) is 6.06. The molecule has 0 saturated heterocycles. The van der Waals surface area contributed by atoms with Crippen LogP contribution < -0.4 is 5.32 Å². The number of nitrogens with one attached hydrogen (secondary N) is 1. The summed E-state index contributed by atoms with van der Waals surface area (Å²) in [5, 5.41) is 3.64. The molecule has 0 radical (unpaired) electrons. The van der Waals surface area contributed by atoms with E-state index in [9.17, 15) is 9.59 Å². The number of hydrogen-bond donors (Lipinski definition) is 1. The molecule has 1 fully saturated rings.